The van der Waals surface area contributed by atoms with Gasteiger partial charge in [-0.3, -0.25) is 0 Å². The van der Waals surface area contributed by atoms with Crippen LogP contribution in [0.4, 0.5) is 0 Å². The molecule has 0 saturated carbocycles. The van der Waals surface area contributed by atoms with Crippen LogP contribution in [-0.2, 0) is 19.5 Å². The molecule has 2 aromatic carbocycles. The van der Waals surface area contributed by atoms with Gasteiger partial charge in [0.2, 0.25) is 0 Å². The number of fused-ring (bicyclic) bond motifs is 2. The van der Waals surface area contributed by atoms with E-state index >= 15 is 0 Å². The van der Waals surface area contributed by atoms with Crippen molar-refractivity contribution in [3.63, 3.8) is 0 Å². The molecule has 0 saturated heterocycles. The van der Waals surface area contributed by atoms with Crippen molar-refractivity contribution in [1.29, 1.82) is 0 Å². The van der Waals surface area contributed by atoms with Crippen molar-refractivity contribution in [3.05, 3.63) is 76.9 Å². The zero-order valence-electron chi connectivity index (χ0n) is 11.3. The van der Waals surface area contributed by atoms with E-state index in [1.165, 1.54) is 28.0 Å². The second kappa shape index (κ2) is 4.93. The molecule has 2 aliphatic rings. The number of benzene rings is 2. The quantitative estimate of drug-likeness (QED) is 0.692. The fourth-order valence-corrected chi connectivity index (χ4v) is 3.07. The zero-order valence-corrected chi connectivity index (χ0v) is 11.3. The summed E-state index contributed by atoms with van der Waals surface area (Å²) < 4.78 is 0. The maximum Gasteiger partial charge on any atom is 0.0436 e. The molecule has 1 aliphatic carbocycles. The second-order valence-corrected chi connectivity index (χ2v) is 5.08. The summed E-state index contributed by atoms with van der Waals surface area (Å²) in [5.74, 6) is 0. The van der Waals surface area contributed by atoms with Crippen LogP contribution < -0.4 is 0 Å². The van der Waals surface area contributed by atoms with Gasteiger partial charge in [-0.1, -0.05) is 54.6 Å². The van der Waals surface area contributed by atoms with Crippen molar-refractivity contribution < 1.29 is 0 Å². The van der Waals surface area contributed by atoms with Gasteiger partial charge in [0.05, 0.1) is 0 Å². The molecule has 19 heavy (non-hydrogen) atoms. The molecule has 1 heterocycles. The largest absolute Gasteiger partial charge is 0.363 e. The molecule has 0 amide bonds. The standard InChI is InChI=1S/C17H15N.Li/c1-2-7-15-12-18(11-14(15)6-1)17-10-9-13-5-3-4-8-16(13)17;/h1-8,10H,9,11-12H2;. The van der Waals surface area contributed by atoms with Crippen LogP contribution in [0.1, 0.15) is 22.3 Å². The summed E-state index contributed by atoms with van der Waals surface area (Å²) in [5.41, 5.74) is 7.25. The average molecular weight is 240 g/mol. The molecule has 4 rings (SSSR count). The third-order valence-corrected chi connectivity index (χ3v) is 3.99. The summed E-state index contributed by atoms with van der Waals surface area (Å²) in [6.45, 7) is 2.10. The summed E-state index contributed by atoms with van der Waals surface area (Å²) in [6.07, 6.45) is 3.45. The van der Waals surface area contributed by atoms with Gasteiger partial charge in [0.1, 0.15) is 0 Å². The summed E-state index contributed by atoms with van der Waals surface area (Å²) >= 11 is 0. The molecular weight excluding hydrogens is 225 g/mol. The van der Waals surface area contributed by atoms with E-state index in [1.807, 2.05) is 0 Å². The predicted molar refractivity (Wildman–Crippen MR) is 79.6 cm³/mol. The molecule has 0 aromatic heterocycles. The van der Waals surface area contributed by atoms with Crippen molar-refractivity contribution in [2.24, 2.45) is 0 Å². The normalized spacial score (nSPS) is 15.6. The maximum absolute atomic E-state index is 2.50. The maximum atomic E-state index is 2.50. The molecule has 0 unspecified atom stereocenters. The van der Waals surface area contributed by atoms with Crippen LogP contribution >= 0.6 is 0 Å². The fourth-order valence-electron chi connectivity index (χ4n) is 3.07. The van der Waals surface area contributed by atoms with Crippen molar-refractivity contribution in [2.75, 3.05) is 0 Å². The van der Waals surface area contributed by atoms with Crippen LogP contribution in [-0.4, -0.2) is 23.8 Å². The minimum Gasteiger partial charge on any atom is -0.363 e. The summed E-state index contributed by atoms with van der Waals surface area (Å²) in [6, 6.07) is 17.5. The van der Waals surface area contributed by atoms with Crippen LogP contribution in [0.2, 0.25) is 0 Å². The first-order chi connectivity index (χ1) is 8.92. The minimum atomic E-state index is 0. The van der Waals surface area contributed by atoms with Crippen LogP contribution in [0.15, 0.2) is 54.6 Å². The summed E-state index contributed by atoms with van der Waals surface area (Å²) in [4.78, 5) is 2.50. The first-order valence-electron chi connectivity index (χ1n) is 6.52. The van der Waals surface area contributed by atoms with E-state index < -0.39 is 0 Å². The topological polar surface area (TPSA) is 3.24 Å². The molecular formula is C17H15LiN. The Balaban J connectivity index is 0.00000110. The Morgan fingerprint density at radius 3 is 2.00 bits per heavy atom. The summed E-state index contributed by atoms with van der Waals surface area (Å²) in [7, 11) is 0. The molecule has 89 valence electrons. The number of nitrogens with zero attached hydrogens (tertiary/aromatic N) is 1. The molecule has 1 aliphatic heterocycles. The zero-order chi connectivity index (χ0) is 11.9. The number of rotatable bonds is 1. The molecule has 0 bridgehead atoms. The Hall–Kier alpha value is -1.42. The van der Waals surface area contributed by atoms with Gasteiger partial charge < -0.3 is 4.90 Å². The Kier molecular flexibility index (Phi) is 3.27. The number of hydrogen-bond acceptors (Lipinski definition) is 1. The molecule has 2 aromatic rings. The van der Waals surface area contributed by atoms with Crippen molar-refractivity contribution >= 4 is 24.6 Å². The predicted octanol–water partition coefficient (Wildman–Crippen LogP) is 3.22. The number of allylic oxidation sites excluding steroid dienone is 1. The molecule has 0 N–H and O–H groups in total. The third kappa shape index (κ3) is 2.04. The van der Waals surface area contributed by atoms with Gasteiger partial charge in [-0.2, -0.15) is 0 Å². The molecule has 2 heteroatoms. The van der Waals surface area contributed by atoms with Gasteiger partial charge in [-0.05, 0) is 23.1 Å². The van der Waals surface area contributed by atoms with Crippen molar-refractivity contribution in [2.45, 2.75) is 19.5 Å². The van der Waals surface area contributed by atoms with Crippen molar-refractivity contribution in [3.8, 4) is 0 Å². The fraction of sp³-hybridized carbons (Fsp3) is 0.176. The molecule has 0 atom stereocenters. The Bertz CT molecular complexity index is 620. The van der Waals surface area contributed by atoms with Gasteiger partial charge in [0.25, 0.3) is 0 Å². The molecule has 1 radical (unpaired) electrons. The van der Waals surface area contributed by atoms with Gasteiger partial charge in [0, 0.05) is 43.2 Å². The van der Waals surface area contributed by atoms with Gasteiger partial charge in [-0.25, -0.2) is 0 Å². The van der Waals surface area contributed by atoms with E-state index in [1.54, 1.807) is 0 Å². The smallest absolute Gasteiger partial charge is 0.0436 e. The third-order valence-electron chi connectivity index (χ3n) is 3.99. The SMILES string of the molecule is C1=C(N2Cc3ccccc3C2)c2ccccc2C1.[Li]. The second-order valence-electron chi connectivity index (χ2n) is 5.08. The van der Waals surface area contributed by atoms with E-state index in [2.05, 4.69) is 59.5 Å². The van der Waals surface area contributed by atoms with Crippen LogP contribution in [0.25, 0.3) is 5.70 Å². The van der Waals surface area contributed by atoms with E-state index in [9.17, 15) is 0 Å². The first-order valence-corrected chi connectivity index (χ1v) is 6.52. The van der Waals surface area contributed by atoms with E-state index in [0.29, 0.717) is 0 Å². The van der Waals surface area contributed by atoms with Gasteiger partial charge in [-0.15, -0.1) is 0 Å². The average Bonchev–Trinajstić information content (AvgIpc) is 3.02. The van der Waals surface area contributed by atoms with Crippen LogP contribution in [0, 0.1) is 0 Å². The van der Waals surface area contributed by atoms with Gasteiger partial charge in [0.15, 0.2) is 0 Å². The minimum absolute atomic E-state index is 0. The Morgan fingerprint density at radius 1 is 0.737 bits per heavy atom. The van der Waals surface area contributed by atoms with E-state index in [0.717, 1.165) is 19.5 Å². The van der Waals surface area contributed by atoms with Crippen LogP contribution in [0.3, 0.4) is 0 Å². The molecule has 1 nitrogen and oxygen atoms in total. The van der Waals surface area contributed by atoms with Crippen molar-refractivity contribution in [1.82, 2.24) is 4.90 Å². The van der Waals surface area contributed by atoms with E-state index in [4.69, 9.17) is 0 Å². The monoisotopic (exact) mass is 240 g/mol. The Morgan fingerprint density at radius 2 is 1.32 bits per heavy atom. The molecule has 0 spiro atoms. The summed E-state index contributed by atoms with van der Waals surface area (Å²) in [5, 5.41) is 0. The van der Waals surface area contributed by atoms with Gasteiger partial charge >= 0.3 is 0 Å². The first kappa shape index (κ1) is 12.6. The molecule has 0 fully saturated rings. The number of hydrogen-bond donors (Lipinski definition) is 0. The van der Waals surface area contributed by atoms with Crippen LogP contribution in [0.5, 0.6) is 0 Å². The van der Waals surface area contributed by atoms with E-state index in [-0.39, 0.29) is 18.9 Å². The Labute approximate surface area is 126 Å².